The third kappa shape index (κ3) is 7.06. The molecular formula is C46H48NO5PS. The zero-order valence-corrected chi connectivity index (χ0v) is 32.7. The molecule has 0 aliphatic carbocycles. The molecule has 2 aliphatic rings. The van der Waals surface area contributed by atoms with Crippen LogP contribution in [-0.4, -0.2) is 27.7 Å². The van der Waals surface area contributed by atoms with Crippen molar-refractivity contribution in [3.05, 3.63) is 160 Å². The van der Waals surface area contributed by atoms with Crippen LogP contribution in [-0.2, 0) is 40.2 Å². The van der Waals surface area contributed by atoms with Crippen LogP contribution in [0.1, 0.15) is 59.9 Å². The van der Waals surface area contributed by atoms with Gasteiger partial charge in [0.05, 0.1) is 0 Å². The molecule has 8 rings (SSSR count). The van der Waals surface area contributed by atoms with Crippen LogP contribution in [0.4, 0.5) is 5.69 Å². The summed E-state index contributed by atoms with van der Waals surface area (Å²) in [4.78, 5) is 16.5. The van der Waals surface area contributed by atoms with E-state index >= 15 is 0 Å². The Labute approximate surface area is 319 Å². The topological polar surface area (TPSA) is 76.8 Å². The van der Waals surface area contributed by atoms with Gasteiger partial charge in [0.2, 0.25) is 0 Å². The van der Waals surface area contributed by atoms with Crippen molar-refractivity contribution in [1.82, 2.24) is 0 Å². The average Bonchev–Trinajstić information content (AvgIpc) is 3.21. The molecule has 0 bridgehead atoms. The maximum absolute atomic E-state index is 14.0. The molecule has 0 radical (unpaired) electrons. The van der Waals surface area contributed by atoms with Crippen LogP contribution >= 0.6 is 7.26 Å². The summed E-state index contributed by atoms with van der Waals surface area (Å²) in [5.41, 5.74) is 5.85. The smallest absolute Gasteiger partial charge is 0.0579 e. The molecule has 0 atom stereocenters. The molecule has 0 saturated heterocycles. The SMILES string of the molecule is Cc1ccc(S(=O)(=O)OCc2c(CCCCC[PH](c3ccccc3)(c3ccccc3)c3ccccc3)c(=O)oc3c4c5c(cc23)CCCN5CCC4)cc1. The first-order chi connectivity index (χ1) is 26.3. The first-order valence-corrected chi connectivity index (χ1v) is 23.0. The second-order valence-corrected chi connectivity index (χ2v) is 20.5. The Kier molecular flexibility index (Phi) is 10.6. The minimum Gasteiger partial charge on any atom is -0.0579 e. The van der Waals surface area contributed by atoms with Gasteiger partial charge in [-0.3, -0.25) is 0 Å². The molecule has 278 valence electrons. The van der Waals surface area contributed by atoms with Crippen LogP contribution in [0.3, 0.4) is 0 Å². The van der Waals surface area contributed by atoms with Gasteiger partial charge in [0.1, 0.15) is 0 Å². The predicted molar refractivity (Wildman–Crippen MR) is 223 cm³/mol. The first-order valence-electron chi connectivity index (χ1n) is 19.4. The molecule has 8 heteroatoms. The van der Waals surface area contributed by atoms with E-state index in [9.17, 15) is 13.2 Å². The number of aryl methyl sites for hydroxylation is 3. The standard InChI is InChI=1S/C46H48NO5PS/c1-34-25-27-39(28-26-34)54(49,50)51-33-43-40(46(48)52-45-41-24-15-30-47-29-14-16-35(44(41)47)32-42(43)45)23-12-5-13-31-53(36-17-6-2-7-18-36,37-19-8-3-9-20-37)38-21-10-4-11-22-38/h2-4,6-11,17-22,25-28,32,53H,5,12-16,23-24,29-31,33H2,1H3. The van der Waals surface area contributed by atoms with Crippen LogP contribution in [0, 0.1) is 6.92 Å². The second kappa shape index (κ2) is 15.7. The number of benzene rings is 5. The van der Waals surface area contributed by atoms with E-state index in [1.165, 1.54) is 27.2 Å². The Morgan fingerprint density at radius 1 is 0.722 bits per heavy atom. The molecule has 0 fully saturated rings. The van der Waals surface area contributed by atoms with Crippen molar-refractivity contribution < 1.29 is 17.0 Å². The fraction of sp³-hybridized carbons (Fsp3) is 0.283. The second-order valence-electron chi connectivity index (χ2n) is 14.9. The predicted octanol–water partition coefficient (Wildman–Crippen LogP) is 8.14. The molecule has 0 unspecified atom stereocenters. The van der Waals surface area contributed by atoms with E-state index in [0.717, 1.165) is 80.7 Å². The van der Waals surface area contributed by atoms with Gasteiger partial charge >= 0.3 is 283 Å². The van der Waals surface area contributed by atoms with Gasteiger partial charge in [-0.25, -0.2) is 0 Å². The van der Waals surface area contributed by atoms with Crippen molar-refractivity contribution in [1.29, 1.82) is 0 Å². The van der Waals surface area contributed by atoms with E-state index in [2.05, 4.69) is 102 Å². The molecule has 0 amide bonds. The van der Waals surface area contributed by atoms with E-state index in [0.29, 0.717) is 23.1 Å². The molecular weight excluding hydrogens is 710 g/mol. The van der Waals surface area contributed by atoms with Crippen LogP contribution in [0.5, 0.6) is 0 Å². The quantitative estimate of drug-likeness (QED) is 0.0513. The first kappa shape index (κ1) is 36.4. The van der Waals surface area contributed by atoms with Gasteiger partial charge in [0.25, 0.3) is 0 Å². The van der Waals surface area contributed by atoms with Gasteiger partial charge in [0, 0.05) is 13.1 Å². The van der Waals surface area contributed by atoms with Crippen molar-refractivity contribution >= 4 is 50.0 Å². The van der Waals surface area contributed by atoms with Gasteiger partial charge in [-0.05, 0) is 6.92 Å². The van der Waals surface area contributed by atoms with Gasteiger partial charge in [0.15, 0.2) is 0 Å². The number of hydrogen-bond donors (Lipinski definition) is 0. The number of fused-ring (bicyclic) bond motifs is 2. The number of unbranched alkanes of at least 4 members (excludes halogenated alkanes) is 2. The fourth-order valence-corrected chi connectivity index (χ4v) is 14.7. The van der Waals surface area contributed by atoms with Gasteiger partial charge in [-0.15, -0.1) is 0 Å². The van der Waals surface area contributed by atoms with Crippen molar-refractivity contribution in [2.24, 2.45) is 0 Å². The van der Waals surface area contributed by atoms with Crippen LogP contribution in [0.25, 0.3) is 11.0 Å². The minimum absolute atomic E-state index is 0.105. The summed E-state index contributed by atoms with van der Waals surface area (Å²) in [6.07, 6.45) is 7.99. The Morgan fingerprint density at radius 3 is 1.93 bits per heavy atom. The summed E-state index contributed by atoms with van der Waals surface area (Å²) >= 11 is 0. The molecule has 0 spiro atoms. The number of hydrogen-bond acceptors (Lipinski definition) is 6. The molecule has 6 aromatic rings. The van der Waals surface area contributed by atoms with E-state index < -0.39 is 17.4 Å². The summed E-state index contributed by atoms with van der Waals surface area (Å²) < 4.78 is 39.0. The minimum atomic E-state index is -4.07. The normalized spacial score (nSPS) is 14.6. The molecule has 2 aliphatic heterocycles. The molecule has 1 aromatic heterocycles. The molecule has 0 saturated carbocycles. The fourth-order valence-electron chi connectivity index (χ4n) is 8.91. The van der Waals surface area contributed by atoms with E-state index in [-0.39, 0.29) is 17.1 Å². The van der Waals surface area contributed by atoms with Crippen LogP contribution in [0.15, 0.2) is 135 Å². The zero-order valence-electron chi connectivity index (χ0n) is 30.9. The molecule has 3 heterocycles. The number of anilines is 1. The van der Waals surface area contributed by atoms with E-state index in [4.69, 9.17) is 8.60 Å². The third-order valence-corrected chi connectivity index (χ3v) is 17.9. The summed E-state index contributed by atoms with van der Waals surface area (Å²) in [5.74, 6) is 0. The molecule has 5 aromatic carbocycles. The summed E-state index contributed by atoms with van der Waals surface area (Å²) in [6.45, 7) is 3.70. The number of rotatable bonds is 13. The van der Waals surface area contributed by atoms with Crippen molar-refractivity contribution in [2.45, 2.75) is 69.8 Å². The Bertz CT molecular complexity index is 2320. The van der Waals surface area contributed by atoms with Gasteiger partial charge in [-0.1, -0.05) is 17.7 Å². The third-order valence-electron chi connectivity index (χ3n) is 11.5. The molecule has 6 nitrogen and oxygen atoms in total. The van der Waals surface area contributed by atoms with Crippen molar-refractivity contribution in [3.63, 3.8) is 0 Å². The zero-order chi connectivity index (χ0) is 37.1. The van der Waals surface area contributed by atoms with Gasteiger partial charge < -0.3 is 0 Å². The summed E-state index contributed by atoms with van der Waals surface area (Å²) in [5, 5.41) is 4.97. The van der Waals surface area contributed by atoms with E-state index in [1.54, 1.807) is 24.3 Å². The number of nitrogens with zero attached hydrogens (tertiary/aromatic N) is 1. The Balaban J connectivity index is 1.11. The average molecular weight is 758 g/mol. The summed E-state index contributed by atoms with van der Waals surface area (Å²) in [6, 6.07) is 41.7. The Morgan fingerprint density at radius 2 is 1.31 bits per heavy atom. The van der Waals surface area contributed by atoms with Crippen LogP contribution in [0.2, 0.25) is 0 Å². The molecule has 0 N–H and O–H groups in total. The van der Waals surface area contributed by atoms with Crippen molar-refractivity contribution in [3.8, 4) is 0 Å². The van der Waals surface area contributed by atoms with Crippen LogP contribution < -0.4 is 26.4 Å². The monoisotopic (exact) mass is 757 g/mol. The van der Waals surface area contributed by atoms with Crippen molar-refractivity contribution in [2.75, 3.05) is 24.2 Å². The maximum atomic E-state index is 14.0. The molecule has 54 heavy (non-hydrogen) atoms. The van der Waals surface area contributed by atoms with E-state index in [1.807, 2.05) is 6.92 Å². The van der Waals surface area contributed by atoms with Gasteiger partial charge in [-0.2, -0.15) is 0 Å². The Hall–Kier alpha value is -4.55. The summed E-state index contributed by atoms with van der Waals surface area (Å²) in [7, 11) is -6.44.